The van der Waals surface area contributed by atoms with E-state index in [1.54, 1.807) is 24.3 Å². The van der Waals surface area contributed by atoms with Crippen LogP contribution >= 0.6 is 0 Å². The number of halogens is 4. The first kappa shape index (κ1) is 33.4. The Labute approximate surface area is 268 Å². The molecule has 2 amide bonds. The summed E-state index contributed by atoms with van der Waals surface area (Å²) in [4.78, 5) is 30.9. The normalized spacial score (nSPS) is 22.9. The maximum absolute atomic E-state index is 14.5. The van der Waals surface area contributed by atoms with Crippen LogP contribution in [-0.4, -0.2) is 70.3 Å². The molecule has 0 bridgehead atoms. The monoisotopic (exact) mass is 657 g/mol. The van der Waals surface area contributed by atoms with Gasteiger partial charge in [-0.25, -0.2) is 14.1 Å². The highest BCUT2D eigenvalue weighted by atomic mass is 19.4. The number of ether oxygens (including phenoxy) is 2. The van der Waals surface area contributed by atoms with Gasteiger partial charge in [-0.3, -0.25) is 9.59 Å². The molecule has 11 nitrogen and oxygen atoms in total. The number of amides is 2. The molecule has 5 rings (SSSR count). The maximum atomic E-state index is 14.5. The molecule has 250 valence electrons. The Morgan fingerprint density at radius 3 is 2.60 bits per heavy atom. The SMILES string of the molecule is C=C(NCC1(C(F)(F)F)CC(C)(c2cc(F)ccc2OC)O1)c1cnn(-c2cccc(C(=O)N3CCC[C@@H]3C(N)=O)c2)c1/N=C(/C)N. The van der Waals surface area contributed by atoms with E-state index < -0.39 is 48.1 Å². The fourth-order valence-electron chi connectivity index (χ4n) is 6.17. The van der Waals surface area contributed by atoms with Crippen molar-refractivity contribution < 1.29 is 36.6 Å². The predicted molar refractivity (Wildman–Crippen MR) is 166 cm³/mol. The number of alkyl halides is 3. The van der Waals surface area contributed by atoms with Crippen LogP contribution in [0.2, 0.25) is 0 Å². The number of primary amides is 1. The smallest absolute Gasteiger partial charge is 0.419 e. The van der Waals surface area contributed by atoms with Gasteiger partial charge in [0.05, 0.1) is 42.5 Å². The Kier molecular flexibility index (Phi) is 8.79. The molecule has 0 spiro atoms. The molecule has 0 saturated carbocycles. The van der Waals surface area contributed by atoms with E-state index in [4.69, 9.17) is 20.9 Å². The molecule has 0 aliphatic carbocycles. The summed E-state index contributed by atoms with van der Waals surface area (Å²) in [5, 5.41) is 7.10. The molecule has 2 unspecified atom stereocenters. The Morgan fingerprint density at radius 1 is 1.23 bits per heavy atom. The second-order valence-electron chi connectivity index (χ2n) is 11.8. The minimum Gasteiger partial charge on any atom is -0.496 e. The number of methoxy groups -OCH3 is 1. The van der Waals surface area contributed by atoms with Gasteiger partial charge in [0, 0.05) is 29.8 Å². The largest absolute Gasteiger partial charge is 0.496 e. The molecule has 1 aromatic heterocycles. The Morgan fingerprint density at radius 2 is 1.96 bits per heavy atom. The third-order valence-corrected chi connectivity index (χ3v) is 8.41. The lowest BCUT2D eigenvalue weighted by atomic mass is 9.75. The third kappa shape index (κ3) is 6.26. The molecule has 2 aliphatic heterocycles. The zero-order valence-electron chi connectivity index (χ0n) is 26.0. The van der Waals surface area contributed by atoms with E-state index >= 15 is 0 Å². The van der Waals surface area contributed by atoms with Crippen LogP contribution in [0.4, 0.5) is 23.4 Å². The molecular formula is C32H35F4N7O4. The van der Waals surface area contributed by atoms with E-state index in [-0.39, 0.29) is 45.7 Å². The quantitative estimate of drug-likeness (QED) is 0.167. The fourth-order valence-corrected chi connectivity index (χ4v) is 6.17. The van der Waals surface area contributed by atoms with E-state index in [9.17, 15) is 27.2 Å². The van der Waals surface area contributed by atoms with Crippen molar-refractivity contribution in [3.63, 3.8) is 0 Å². The number of carbonyl (C=O) groups is 2. The molecule has 5 N–H and O–H groups in total. The van der Waals surface area contributed by atoms with Gasteiger partial charge in [-0.05, 0) is 63.1 Å². The second-order valence-corrected chi connectivity index (χ2v) is 11.8. The Bertz CT molecular complexity index is 1740. The highest BCUT2D eigenvalue weighted by Crippen LogP contribution is 2.57. The van der Waals surface area contributed by atoms with Gasteiger partial charge in [0.2, 0.25) is 5.91 Å². The first-order valence-electron chi connectivity index (χ1n) is 14.7. The zero-order valence-corrected chi connectivity index (χ0v) is 26.0. The molecule has 2 saturated heterocycles. The van der Waals surface area contributed by atoms with Crippen molar-refractivity contribution in [2.75, 3.05) is 20.2 Å². The molecule has 2 aliphatic rings. The van der Waals surface area contributed by atoms with Crippen LogP contribution in [0, 0.1) is 5.82 Å². The molecule has 47 heavy (non-hydrogen) atoms. The van der Waals surface area contributed by atoms with Crippen LogP contribution in [0.1, 0.15) is 54.6 Å². The molecule has 15 heteroatoms. The van der Waals surface area contributed by atoms with Crippen LogP contribution in [0.15, 0.2) is 60.2 Å². The summed E-state index contributed by atoms with van der Waals surface area (Å²) in [5.41, 5.74) is 8.42. The van der Waals surface area contributed by atoms with E-state index in [1.807, 2.05) is 0 Å². The zero-order chi connectivity index (χ0) is 34.3. The summed E-state index contributed by atoms with van der Waals surface area (Å²) in [6, 6.07) is 9.31. The first-order valence-corrected chi connectivity index (χ1v) is 14.7. The fraction of sp³-hybridized carbons (Fsp3) is 0.375. The summed E-state index contributed by atoms with van der Waals surface area (Å²) < 4.78 is 69.7. The number of nitrogens with one attached hydrogen (secondary N) is 1. The number of nitrogens with two attached hydrogens (primary N) is 2. The predicted octanol–water partition coefficient (Wildman–Crippen LogP) is 4.32. The number of carbonyl (C=O) groups excluding carboxylic acids is 2. The number of benzene rings is 2. The molecule has 3 aromatic rings. The lowest BCUT2D eigenvalue weighted by Crippen LogP contribution is -2.68. The summed E-state index contributed by atoms with van der Waals surface area (Å²) in [5.74, 6) is -1.12. The maximum Gasteiger partial charge on any atom is 0.419 e. The summed E-state index contributed by atoms with van der Waals surface area (Å²) >= 11 is 0. The molecule has 0 radical (unpaired) electrons. The van der Waals surface area contributed by atoms with Gasteiger partial charge >= 0.3 is 6.18 Å². The Hall–Kier alpha value is -4.92. The molecular weight excluding hydrogens is 622 g/mol. The number of amidine groups is 1. The molecule has 3 atom stereocenters. The summed E-state index contributed by atoms with van der Waals surface area (Å²) in [7, 11) is 1.34. The van der Waals surface area contributed by atoms with Crippen LogP contribution in [0.25, 0.3) is 11.4 Å². The standard InChI is InChI=1S/C32H35F4N7O4/c1-18(39-17-31(32(34,35)36)16-30(3,47-31)24-14-21(33)10-11-26(24)46-4)23-15-40-43(28(23)41-19(2)37)22-8-5-7-20(13-22)29(45)42-12-6-9-25(42)27(38)44/h5,7-8,10-11,13-15,25,39H,1,6,9,12,16-17H2,2-4H3,(H2,37,41)(H2,38,44)/t25-,30?,31?/m1/s1. The van der Waals surface area contributed by atoms with Gasteiger partial charge in [0.25, 0.3) is 5.91 Å². The van der Waals surface area contributed by atoms with Gasteiger partial charge < -0.3 is 31.2 Å². The van der Waals surface area contributed by atoms with Gasteiger partial charge in [0.1, 0.15) is 17.6 Å². The van der Waals surface area contributed by atoms with Crippen LogP contribution < -0.4 is 21.5 Å². The first-order chi connectivity index (χ1) is 22.1. The van der Waals surface area contributed by atoms with Crippen LogP contribution in [-0.2, 0) is 15.1 Å². The average Bonchev–Trinajstić information content (AvgIpc) is 3.65. The van der Waals surface area contributed by atoms with Crippen molar-refractivity contribution in [2.45, 2.75) is 56.5 Å². The minimum absolute atomic E-state index is 0.0500. The number of rotatable bonds is 10. The number of aromatic nitrogens is 2. The van der Waals surface area contributed by atoms with Crippen LogP contribution in [0.5, 0.6) is 5.75 Å². The number of likely N-dealkylation sites (tertiary alicyclic amines) is 1. The van der Waals surface area contributed by atoms with E-state index in [2.05, 4.69) is 22.0 Å². The Balaban J connectivity index is 1.40. The lowest BCUT2D eigenvalue weighted by Gasteiger charge is -2.55. The van der Waals surface area contributed by atoms with Crippen molar-refractivity contribution in [2.24, 2.45) is 16.5 Å². The summed E-state index contributed by atoms with van der Waals surface area (Å²) in [6.07, 6.45) is -2.84. The molecule has 2 fully saturated rings. The van der Waals surface area contributed by atoms with E-state index in [1.165, 1.54) is 42.8 Å². The van der Waals surface area contributed by atoms with Gasteiger partial charge in [-0.15, -0.1) is 0 Å². The topological polar surface area (TPSA) is 150 Å². The highest BCUT2D eigenvalue weighted by molar-refractivity contribution is 5.98. The average molecular weight is 658 g/mol. The number of hydrogen-bond acceptors (Lipinski definition) is 7. The summed E-state index contributed by atoms with van der Waals surface area (Å²) in [6.45, 7) is 6.56. The van der Waals surface area contributed by atoms with Gasteiger partial charge in [0.15, 0.2) is 11.4 Å². The third-order valence-electron chi connectivity index (χ3n) is 8.41. The van der Waals surface area contributed by atoms with Crippen molar-refractivity contribution in [3.05, 3.63) is 77.7 Å². The van der Waals surface area contributed by atoms with Crippen molar-refractivity contribution >= 4 is 29.2 Å². The highest BCUT2D eigenvalue weighted by Gasteiger charge is 2.68. The minimum atomic E-state index is -4.80. The van der Waals surface area contributed by atoms with E-state index in [0.717, 1.165) is 12.1 Å². The second kappa shape index (κ2) is 12.4. The van der Waals surface area contributed by atoms with E-state index in [0.29, 0.717) is 25.1 Å². The number of aliphatic imine (C=N–C) groups is 1. The van der Waals surface area contributed by atoms with Crippen LogP contribution in [0.3, 0.4) is 0 Å². The van der Waals surface area contributed by atoms with Gasteiger partial charge in [-0.2, -0.15) is 18.3 Å². The number of hydrogen-bond donors (Lipinski definition) is 3. The molecule has 3 heterocycles. The lowest BCUT2D eigenvalue weighted by molar-refractivity contribution is -0.382. The van der Waals surface area contributed by atoms with Crippen molar-refractivity contribution in [1.82, 2.24) is 20.0 Å². The van der Waals surface area contributed by atoms with Crippen molar-refractivity contribution in [3.8, 4) is 11.4 Å². The molecule has 2 aromatic carbocycles. The van der Waals surface area contributed by atoms with Crippen molar-refractivity contribution in [1.29, 1.82) is 0 Å². The van der Waals surface area contributed by atoms with Gasteiger partial charge in [-0.1, -0.05) is 12.6 Å². The number of nitrogens with zero attached hydrogens (tertiary/aromatic N) is 4.